The van der Waals surface area contributed by atoms with Gasteiger partial charge in [-0.15, -0.1) is 0 Å². The van der Waals surface area contributed by atoms with Gasteiger partial charge in [0.25, 0.3) is 0 Å². The van der Waals surface area contributed by atoms with Crippen LogP contribution in [0.15, 0.2) is 24.4 Å². The van der Waals surface area contributed by atoms with E-state index in [2.05, 4.69) is 4.98 Å². The largest absolute Gasteiger partial charge is 0.398 e. The summed E-state index contributed by atoms with van der Waals surface area (Å²) >= 11 is 5.78. The number of hydrogen-bond acceptors (Lipinski definition) is 2. The van der Waals surface area contributed by atoms with Gasteiger partial charge in [-0.1, -0.05) is 11.6 Å². The molecular weight excluding hydrogens is 191 g/mol. The zero-order valence-corrected chi connectivity index (χ0v) is 7.35. The highest BCUT2D eigenvalue weighted by atomic mass is 35.5. The monoisotopic (exact) mass is 196 g/mol. The molecule has 13 heavy (non-hydrogen) atoms. The van der Waals surface area contributed by atoms with Gasteiger partial charge in [0.2, 0.25) is 0 Å². The van der Waals surface area contributed by atoms with E-state index >= 15 is 0 Å². The minimum Gasteiger partial charge on any atom is -0.398 e. The van der Waals surface area contributed by atoms with Crippen molar-refractivity contribution in [1.82, 2.24) is 4.98 Å². The van der Waals surface area contributed by atoms with Gasteiger partial charge in [-0.25, -0.2) is 4.39 Å². The first-order valence-corrected chi connectivity index (χ1v) is 4.05. The third kappa shape index (κ3) is 1.31. The van der Waals surface area contributed by atoms with Crippen molar-refractivity contribution in [2.45, 2.75) is 0 Å². The second-order valence-electron chi connectivity index (χ2n) is 2.68. The number of nitrogens with zero attached hydrogens (tertiary/aromatic N) is 1. The lowest BCUT2D eigenvalue weighted by Crippen LogP contribution is -1.90. The maximum atomic E-state index is 12.9. The fourth-order valence-corrected chi connectivity index (χ4v) is 1.45. The molecule has 4 heteroatoms. The van der Waals surface area contributed by atoms with Crippen LogP contribution < -0.4 is 5.73 Å². The van der Waals surface area contributed by atoms with Gasteiger partial charge in [-0.3, -0.25) is 4.98 Å². The summed E-state index contributed by atoms with van der Waals surface area (Å²) in [5.41, 5.74) is 6.64. The van der Waals surface area contributed by atoms with Crippen molar-refractivity contribution in [3.05, 3.63) is 35.2 Å². The van der Waals surface area contributed by atoms with E-state index in [1.54, 1.807) is 12.3 Å². The first-order chi connectivity index (χ1) is 6.18. The number of fused-ring (bicyclic) bond motifs is 1. The highest BCUT2D eigenvalue weighted by Gasteiger charge is 2.05. The Kier molecular flexibility index (Phi) is 1.81. The van der Waals surface area contributed by atoms with Gasteiger partial charge in [0.1, 0.15) is 5.82 Å². The number of rotatable bonds is 0. The van der Waals surface area contributed by atoms with Crippen LogP contribution in [0.1, 0.15) is 0 Å². The minimum atomic E-state index is -0.405. The van der Waals surface area contributed by atoms with Gasteiger partial charge >= 0.3 is 0 Å². The van der Waals surface area contributed by atoms with Crippen LogP contribution >= 0.6 is 11.6 Å². The first-order valence-electron chi connectivity index (χ1n) is 3.68. The van der Waals surface area contributed by atoms with E-state index in [4.69, 9.17) is 17.3 Å². The van der Waals surface area contributed by atoms with E-state index in [-0.39, 0.29) is 5.02 Å². The quantitative estimate of drug-likeness (QED) is 0.704. The Bertz CT molecular complexity index is 470. The Morgan fingerprint density at radius 3 is 2.92 bits per heavy atom. The molecular formula is C9H6ClFN2. The molecule has 0 saturated heterocycles. The van der Waals surface area contributed by atoms with Crippen LogP contribution in [0.5, 0.6) is 0 Å². The molecule has 2 rings (SSSR count). The van der Waals surface area contributed by atoms with Gasteiger partial charge in [-0.05, 0) is 18.2 Å². The van der Waals surface area contributed by atoms with Gasteiger partial charge in [-0.2, -0.15) is 0 Å². The number of nitrogens with two attached hydrogens (primary N) is 1. The number of anilines is 1. The van der Waals surface area contributed by atoms with Crippen LogP contribution in [0.4, 0.5) is 10.1 Å². The molecule has 0 amide bonds. The fourth-order valence-electron chi connectivity index (χ4n) is 1.20. The summed E-state index contributed by atoms with van der Waals surface area (Å²) in [5.74, 6) is -0.405. The van der Waals surface area contributed by atoms with Crippen molar-refractivity contribution in [2.75, 3.05) is 5.73 Å². The predicted molar refractivity (Wildman–Crippen MR) is 51.1 cm³/mol. The molecule has 0 aliphatic carbocycles. The van der Waals surface area contributed by atoms with E-state index < -0.39 is 5.82 Å². The van der Waals surface area contributed by atoms with E-state index in [1.807, 2.05) is 0 Å². The number of halogens is 2. The van der Waals surface area contributed by atoms with Gasteiger partial charge in [0.15, 0.2) is 0 Å². The average molecular weight is 197 g/mol. The molecule has 0 saturated carbocycles. The molecule has 2 nitrogen and oxygen atoms in total. The number of nitrogen functional groups attached to an aromatic ring is 1. The van der Waals surface area contributed by atoms with Crippen molar-refractivity contribution in [3.63, 3.8) is 0 Å². The van der Waals surface area contributed by atoms with Crippen molar-refractivity contribution in [3.8, 4) is 0 Å². The number of pyridine rings is 1. The normalized spacial score (nSPS) is 10.6. The Labute approximate surface area is 79.1 Å². The second-order valence-corrected chi connectivity index (χ2v) is 3.09. The van der Waals surface area contributed by atoms with Gasteiger partial charge < -0.3 is 5.73 Å². The summed E-state index contributed by atoms with van der Waals surface area (Å²) in [6.45, 7) is 0. The maximum absolute atomic E-state index is 12.9. The van der Waals surface area contributed by atoms with Crippen LogP contribution in [0, 0.1) is 5.82 Å². The summed E-state index contributed by atoms with van der Waals surface area (Å²) in [7, 11) is 0. The molecule has 1 heterocycles. The van der Waals surface area contributed by atoms with Crippen LogP contribution in [-0.4, -0.2) is 4.98 Å². The molecule has 0 aliphatic rings. The van der Waals surface area contributed by atoms with Gasteiger partial charge in [0, 0.05) is 17.3 Å². The van der Waals surface area contributed by atoms with Crippen LogP contribution in [0.3, 0.4) is 0 Å². The molecule has 2 N–H and O–H groups in total. The van der Waals surface area contributed by atoms with Crippen LogP contribution in [0.2, 0.25) is 5.02 Å². The molecule has 0 bridgehead atoms. The van der Waals surface area contributed by atoms with Crippen LogP contribution in [-0.2, 0) is 0 Å². The molecule has 0 fully saturated rings. The lowest BCUT2D eigenvalue weighted by Gasteiger charge is -2.02. The van der Waals surface area contributed by atoms with Crippen molar-refractivity contribution in [1.29, 1.82) is 0 Å². The molecule has 2 aromatic rings. The predicted octanol–water partition coefficient (Wildman–Crippen LogP) is 2.61. The number of aromatic nitrogens is 1. The second kappa shape index (κ2) is 2.85. The summed E-state index contributed by atoms with van der Waals surface area (Å²) in [4.78, 5) is 4.00. The Hall–Kier alpha value is -1.35. The summed E-state index contributed by atoms with van der Waals surface area (Å²) in [6.07, 6.45) is 1.54. The standard InChI is InChI=1S/C9H6ClFN2/c10-7-4-5(11)3-6-8(12)1-2-13-9(6)7/h1-4H,(H2,12,13). The van der Waals surface area contributed by atoms with Crippen LogP contribution in [0.25, 0.3) is 10.9 Å². The Morgan fingerprint density at radius 1 is 1.38 bits per heavy atom. The SMILES string of the molecule is Nc1ccnc2c(Cl)cc(F)cc12. The third-order valence-electron chi connectivity index (χ3n) is 1.80. The van der Waals surface area contributed by atoms with Crippen molar-refractivity contribution < 1.29 is 4.39 Å². The fraction of sp³-hybridized carbons (Fsp3) is 0. The zero-order valence-electron chi connectivity index (χ0n) is 6.59. The third-order valence-corrected chi connectivity index (χ3v) is 2.09. The van der Waals surface area contributed by atoms with Crippen molar-refractivity contribution >= 4 is 28.2 Å². The highest BCUT2D eigenvalue weighted by Crippen LogP contribution is 2.26. The molecule has 0 unspecified atom stereocenters. The first kappa shape index (κ1) is 8.26. The Morgan fingerprint density at radius 2 is 2.15 bits per heavy atom. The lowest BCUT2D eigenvalue weighted by molar-refractivity contribution is 0.629. The zero-order chi connectivity index (χ0) is 9.42. The minimum absolute atomic E-state index is 0.280. The lowest BCUT2D eigenvalue weighted by atomic mass is 10.2. The summed E-state index contributed by atoms with van der Waals surface area (Å²) < 4.78 is 12.9. The van der Waals surface area contributed by atoms with E-state index in [9.17, 15) is 4.39 Å². The number of benzene rings is 1. The molecule has 0 spiro atoms. The maximum Gasteiger partial charge on any atom is 0.125 e. The summed E-state index contributed by atoms with van der Waals surface area (Å²) in [5, 5.41) is 0.829. The number of hydrogen-bond donors (Lipinski definition) is 1. The molecule has 0 aliphatic heterocycles. The molecule has 66 valence electrons. The topological polar surface area (TPSA) is 38.9 Å². The summed E-state index contributed by atoms with van der Waals surface area (Å²) in [6, 6.07) is 4.15. The Balaban J connectivity index is 2.94. The smallest absolute Gasteiger partial charge is 0.125 e. The molecule has 0 radical (unpaired) electrons. The average Bonchev–Trinajstić information content (AvgIpc) is 2.07. The van der Waals surface area contributed by atoms with E-state index in [0.717, 1.165) is 0 Å². The molecule has 0 atom stereocenters. The van der Waals surface area contributed by atoms with E-state index in [0.29, 0.717) is 16.6 Å². The highest BCUT2D eigenvalue weighted by molar-refractivity contribution is 6.35. The molecule has 1 aromatic heterocycles. The molecule has 1 aromatic carbocycles. The van der Waals surface area contributed by atoms with E-state index in [1.165, 1.54) is 12.1 Å². The van der Waals surface area contributed by atoms with Crippen molar-refractivity contribution in [2.24, 2.45) is 0 Å². The van der Waals surface area contributed by atoms with Gasteiger partial charge in [0.05, 0.1) is 10.5 Å².